The van der Waals surface area contributed by atoms with Crippen molar-refractivity contribution >= 4 is 27.7 Å². The number of halogens is 1. The third-order valence-corrected chi connectivity index (χ3v) is 7.85. The zero-order valence-corrected chi connectivity index (χ0v) is 16.0. The van der Waals surface area contributed by atoms with Crippen molar-refractivity contribution in [1.29, 1.82) is 0 Å². The van der Waals surface area contributed by atoms with Crippen molar-refractivity contribution in [1.82, 2.24) is 10.2 Å². The van der Waals surface area contributed by atoms with E-state index in [0.29, 0.717) is 0 Å². The lowest BCUT2D eigenvalue weighted by Crippen LogP contribution is -2.48. The molecule has 1 aromatic heterocycles. The van der Waals surface area contributed by atoms with E-state index >= 15 is 0 Å². The second-order valence-corrected chi connectivity index (χ2v) is 9.73. The molecule has 4 aliphatic rings. The van der Waals surface area contributed by atoms with Gasteiger partial charge in [0.2, 0.25) is 5.89 Å². The summed E-state index contributed by atoms with van der Waals surface area (Å²) >= 11 is 5.25. The van der Waals surface area contributed by atoms with Gasteiger partial charge in [0.25, 0.3) is 5.22 Å². The Morgan fingerprint density at radius 1 is 1.04 bits per heavy atom. The van der Waals surface area contributed by atoms with Crippen LogP contribution in [0.5, 0.6) is 0 Å². The summed E-state index contributed by atoms with van der Waals surface area (Å²) in [5.41, 5.74) is 1.46. The molecule has 0 spiro atoms. The van der Waals surface area contributed by atoms with E-state index in [0.717, 1.165) is 39.1 Å². The Labute approximate surface area is 155 Å². The molecule has 4 fully saturated rings. The molecule has 126 valence electrons. The molecule has 4 saturated carbocycles. The highest BCUT2D eigenvalue weighted by Crippen LogP contribution is 2.60. The first-order valence-corrected chi connectivity index (χ1v) is 10.7. The molecule has 1 heterocycles. The molecule has 3 nitrogen and oxygen atoms in total. The minimum atomic E-state index is 0.202. The van der Waals surface area contributed by atoms with E-state index in [-0.39, 0.29) is 5.41 Å². The first-order chi connectivity index (χ1) is 11.7. The topological polar surface area (TPSA) is 38.9 Å². The van der Waals surface area contributed by atoms with E-state index in [1.807, 2.05) is 6.07 Å². The third kappa shape index (κ3) is 2.64. The SMILES string of the molecule is Brc1ccccc1CSc1nnc(C23CC4CC(CC(C4)C2)C3)o1. The van der Waals surface area contributed by atoms with Gasteiger partial charge in [-0.25, -0.2) is 0 Å². The zero-order chi connectivity index (χ0) is 16.1. The monoisotopic (exact) mass is 404 g/mol. The van der Waals surface area contributed by atoms with Gasteiger partial charge in [0.15, 0.2) is 0 Å². The Morgan fingerprint density at radius 2 is 1.71 bits per heavy atom. The molecule has 0 amide bonds. The van der Waals surface area contributed by atoms with E-state index in [9.17, 15) is 0 Å². The van der Waals surface area contributed by atoms with E-state index in [1.54, 1.807) is 11.8 Å². The predicted molar refractivity (Wildman–Crippen MR) is 97.9 cm³/mol. The predicted octanol–water partition coefficient (Wildman–Crippen LogP) is 5.59. The quantitative estimate of drug-likeness (QED) is 0.622. The maximum atomic E-state index is 6.16. The van der Waals surface area contributed by atoms with Crippen LogP contribution in [0.25, 0.3) is 0 Å². The zero-order valence-electron chi connectivity index (χ0n) is 13.6. The van der Waals surface area contributed by atoms with Crippen LogP contribution in [0.1, 0.15) is 50.0 Å². The van der Waals surface area contributed by atoms with Gasteiger partial charge in [-0.2, -0.15) is 0 Å². The van der Waals surface area contributed by atoms with Crippen LogP contribution in [-0.4, -0.2) is 10.2 Å². The summed E-state index contributed by atoms with van der Waals surface area (Å²) in [4.78, 5) is 0. The summed E-state index contributed by atoms with van der Waals surface area (Å²) < 4.78 is 7.29. The lowest BCUT2D eigenvalue weighted by atomic mass is 9.49. The van der Waals surface area contributed by atoms with Crippen LogP contribution in [-0.2, 0) is 11.2 Å². The van der Waals surface area contributed by atoms with E-state index in [1.165, 1.54) is 44.1 Å². The Bertz CT molecular complexity index is 724. The molecule has 0 N–H and O–H groups in total. The number of thioether (sulfide) groups is 1. The van der Waals surface area contributed by atoms with Crippen molar-refractivity contribution in [3.8, 4) is 0 Å². The molecule has 0 radical (unpaired) electrons. The molecular weight excluding hydrogens is 384 g/mol. The van der Waals surface area contributed by atoms with Crippen molar-refractivity contribution in [3.05, 3.63) is 40.2 Å². The number of aromatic nitrogens is 2. The third-order valence-electron chi connectivity index (χ3n) is 6.21. The highest BCUT2D eigenvalue weighted by molar-refractivity contribution is 9.10. The van der Waals surface area contributed by atoms with Crippen LogP contribution >= 0.6 is 27.7 Å². The van der Waals surface area contributed by atoms with E-state index < -0.39 is 0 Å². The fraction of sp³-hybridized carbons (Fsp3) is 0.579. The standard InChI is InChI=1S/C19H21BrN2OS/c20-16-4-2-1-3-15(16)11-24-18-22-21-17(23-18)19-8-12-5-13(9-19)7-14(6-12)10-19/h1-4,12-14H,5-11H2. The van der Waals surface area contributed by atoms with Gasteiger partial charge in [0.05, 0.1) is 0 Å². The molecule has 4 aliphatic carbocycles. The smallest absolute Gasteiger partial charge is 0.276 e. The molecule has 6 rings (SSSR count). The number of benzene rings is 1. The van der Waals surface area contributed by atoms with Gasteiger partial charge < -0.3 is 4.42 Å². The normalized spacial score (nSPS) is 34.0. The van der Waals surface area contributed by atoms with Crippen LogP contribution in [0.3, 0.4) is 0 Å². The van der Waals surface area contributed by atoms with Crippen molar-refractivity contribution < 1.29 is 4.42 Å². The Kier molecular flexibility index (Phi) is 3.78. The number of rotatable bonds is 4. The van der Waals surface area contributed by atoms with Gasteiger partial charge in [0, 0.05) is 15.6 Å². The summed E-state index contributed by atoms with van der Waals surface area (Å²) in [5.74, 6) is 4.49. The lowest BCUT2D eigenvalue weighted by molar-refractivity contribution is -0.0191. The average Bonchev–Trinajstić information content (AvgIpc) is 3.03. The molecule has 0 saturated heterocycles. The molecule has 2 aromatic rings. The summed E-state index contributed by atoms with van der Waals surface area (Å²) in [5, 5.41) is 9.56. The minimum absolute atomic E-state index is 0.202. The van der Waals surface area contributed by atoms with E-state index in [4.69, 9.17) is 4.42 Å². The molecular formula is C19H21BrN2OS. The first-order valence-electron chi connectivity index (χ1n) is 8.90. The molecule has 24 heavy (non-hydrogen) atoms. The average molecular weight is 405 g/mol. The Hall–Kier alpha value is -0.810. The van der Waals surface area contributed by atoms with Crippen molar-refractivity contribution in [3.63, 3.8) is 0 Å². The fourth-order valence-corrected chi connectivity index (χ4v) is 6.99. The van der Waals surface area contributed by atoms with Crippen LogP contribution in [0.2, 0.25) is 0 Å². The Morgan fingerprint density at radius 3 is 2.38 bits per heavy atom. The van der Waals surface area contributed by atoms with Crippen molar-refractivity contribution in [2.75, 3.05) is 0 Å². The summed E-state index contributed by atoms with van der Waals surface area (Å²) in [6.07, 6.45) is 8.14. The fourth-order valence-electron chi connectivity index (χ4n) is 5.61. The summed E-state index contributed by atoms with van der Waals surface area (Å²) in [7, 11) is 0. The van der Waals surface area contributed by atoms with Gasteiger partial charge in [0.1, 0.15) is 0 Å². The number of nitrogens with zero attached hydrogens (tertiary/aromatic N) is 2. The maximum Gasteiger partial charge on any atom is 0.276 e. The van der Waals surface area contributed by atoms with Crippen LogP contribution in [0, 0.1) is 17.8 Å². The molecule has 1 aromatic carbocycles. The Balaban J connectivity index is 1.33. The lowest BCUT2D eigenvalue weighted by Gasteiger charge is -2.55. The largest absolute Gasteiger partial charge is 0.415 e. The number of hydrogen-bond acceptors (Lipinski definition) is 4. The van der Waals surface area contributed by atoms with Gasteiger partial charge >= 0.3 is 0 Å². The molecule has 0 atom stereocenters. The maximum absolute atomic E-state index is 6.16. The second-order valence-electron chi connectivity index (χ2n) is 7.95. The van der Waals surface area contributed by atoms with Gasteiger partial charge in [-0.3, -0.25) is 0 Å². The molecule has 0 aliphatic heterocycles. The van der Waals surface area contributed by atoms with Crippen molar-refractivity contribution in [2.45, 2.75) is 54.9 Å². The van der Waals surface area contributed by atoms with Crippen molar-refractivity contribution in [2.24, 2.45) is 17.8 Å². The summed E-state index contributed by atoms with van der Waals surface area (Å²) in [6.45, 7) is 0. The van der Waals surface area contributed by atoms with Gasteiger partial charge in [-0.1, -0.05) is 45.9 Å². The molecule has 5 heteroatoms. The highest BCUT2D eigenvalue weighted by Gasteiger charge is 2.54. The summed E-state index contributed by atoms with van der Waals surface area (Å²) in [6, 6.07) is 8.31. The van der Waals surface area contributed by atoms with Crippen LogP contribution in [0.15, 0.2) is 38.4 Å². The van der Waals surface area contributed by atoms with Crippen LogP contribution in [0.4, 0.5) is 0 Å². The van der Waals surface area contributed by atoms with Crippen LogP contribution < -0.4 is 0 Å². The van der Waals surface area contributed by atoms with Gasteiger partial charge in [-0.15, -0.1) is 10.2 Å². The highest BCUT2D eigenvalue weighted by atomic mass is 79.9. The minimum Gasteiger partial charge on any atom is -0.415 e. The van der Waals surface area contributed by atoms with Gasteiger partial charge in [-0.05, 0) is 67.9 Å². The number of hydrogen-bond donors (Lipinski definition) is 0. The van der Waals surface area contributed by atoms with E-state index in [2.05, 4.69) is 44.3 Å². The first kappa shape index (κ1) is 15.4. The molecule has 4 bridgehead atoms. The second kappa shape index (κ2) is 5.87. The molecule has 0 unspecified atom stereocenters.